The van der Waals surface area contributed by atoms with E-state index in [1.165, 1.54) is 5.69 Å². The van der Waals surface area contributed by atoms with Crippen LogP contribution in [0.4, 0.5) is 17.3 Å². The van der Waals surface area contributed by atoms with E-state index in [0.29, 0.717) is 11.6 Å². The van der Waals surface area contributed by atoms with E-state index in [-0.39, 0.29) is 5.91 Å². The zero-order valence-corrected chi connectivity index (χ0v) is 18.2. The number of carbonyl (C=O) groups is 1. The summed E-state index contributed by atoms with van der Waals surface area (Å²) < 4.78 is 0. The Morgan fingerprint density at radius 1 is 1.07 bits per heavy atom. The molecule has 156 valence electrons. The molecule has 0 atom stereocenters. The summed E-state index contributed by atoms with van der Waals surface area (Å²) in [5, 5.41) is 3.02. The molecule has 1 aromatic carbocycles. The van der Waals surface area contributed by atoms with Crippen molar-refractivity contribution in [3.63, 3.8) is 0 Å². The highest BCUT2D eigenvalue weighted by Crippen LogP contribution is 2.23. The van der Waals surface area contributed by atoms with E-state index in [2.05, 4.69) is 63.0 Å². The molecule has 1 aliphatic rings. The Morgan fingerprint density at radius 3 is 2.38 bits per heavy atom. The number of piperazine rings is 1. The zero-order chi connectivity index (χ0) is 21.0. The molecular formula is C22H32N6O. The SMILES string of the molecule is CCN(CC)c1ccc(NC(=O)c2cc(C)nc(N3CCN(C)CC3)n2)c(C)c1. The maximum atomic E-state index is 12.9. The number of hydrogen-bond acceptors (Lipinski definition) is 6. The third kappa shape index (κ3) is 5.03. The number of aryl methyl sites for hydroxylation is 2. The number of nitrogens with one attached hydrogen (secondary N) is 1. The lowest BCUT2D eigenvalue weighted by molar-refractivity contribution is 0.102. The van der Waals surface area contributed by atoms with Crippen LogP contribution in [0, 0.1) is 13.8 Å². The lowest BCUT2D eigenvalue weighted by Gasteiger charge is -2.32. The maximum Gasteiger partial charge on any atom is 0.274 e. The van der Waals surface area contributed by atoms with Crippen LogP contribution in [0.2, 0.25) is 0 Å². The molecule has 0 spiro atoms. The largest absolute Gasteiger partial charge is 0.372 e. The lowest BCUT2D eigenvalue weighted by Crippen LogP contribution is -2.45. The molecule has 0 saturated carbocycles. The van der Waals surface area contributed by atoms with Gasteiger partial charge < -0.3 is 20.0 Å². The van der Waals surface area contributed by atoms with Gasteiger partial charge in [0.05, 0.1) is 0 Å². The van der Waals surface area contributed by atoms with Crippen molar-refractivity contribution in [3.8, 4) is 0 Å². The van der Waals surface area contributed by atoms with Gasteiger partial charge in [-0.05, 0) is 64.6 Å². The van der Waals surface area contributed by atoms with Crippen LogP contribution in [-0.4, -0.2) is 67.1 Å². The molecule has 0 radical (unpaired) electrons. The van der Waals surface area contributed by atoms with Gasteiger partial charge in [0.1, 0.15) is 5.69 Å². The molecule has 1 N–H and O–H groups in total. The first-order chi connectivity index (χ1) is 13.9. The van der Waals surface area contributed by atoms with Gasteiger partial charge in [0, 0.05) is 56.3 Å². The predicted octanol–water partition coefficient (Wildman–Crippen LogP) is 2.94. The van der Waals surface area contributed by atoms with Gasteiger partial charge in [-0.15, -0.1) is 0 Å². The van der Waals surface area contributed by atoms with Crippen molar-refractivity contribution in [2.75, 3.05) is 61.4 Å². The molecule has 1 fully saturated rings. The van der Waals surface area contributed by atoms with Crippen molar-refractivity contribution in [1.29, 1.82) is 0 Å². The first-order valence-corrected chi connectivity index (χ1v) is 10.4. The summed E-state index contributed by atoms with van der Waals surface area (Å²) >= 11 is 0. The minimum absolute atomic E-state index is 0.204. The van der Waals surface area contributed by atoms with E-state index in [0.717, 1.165) is 56.2 Å². The van der Waals surface area contributed by atoms with Crippen molar-refractivity contribution in [2.24, 2.45) is 0 Å². The van der Waals surface area contributed by atoms with E-state index in [1.807, 2.05) is 19.9 Å². The highest BCUT2D eigenvalue weighted by atomic mass is 16.1. The Hall–Kier alpha value is -2.67. The Balaban J connectivity index is 1.77. The summed E-state index contributed by atoms with van der Waals surface area (Å²) in [6, 6.07) is 7.88. The summed E-state index contributed by atoms with van der Waals surface area (Å²) in [5.74, 6) is 0.432. The van der Waals surface area contributed by atoms with Crippen molar-refractivity contribution in [2.45, 2.75) is 27.7 Å². The first-order valence-electron chi connectivity index (χ1n) is 10.4. The first kappa shape index (κ1) is 21.0. The van der Waals surface area contributed by atoms with Crippen LogP contribution in [0.5, 0.6) is 0 Å². The lowest BCUT2D eigenvalue weighted by atomic mass is 10.1. The molecule has 2 heterocycles. The topological polar surface area (TPSA) is 64.6 Å². The summed E-state index contributed by atoms with van der Waals surface area (Å²) in [4.78, 5) is 28.7. The van der Waals surface area contributed by atoms with Gasteiger partial charge >= 0.3 is 0 Å². The molecule has 0 unspecified atom stereocenters. The second kappa shape index (κ2) is 9.22. The summed E-state index contributed by atoms with van der Waals surface area (Å²) in [6.45, 7) is 13.8. The van der Waals surface area contributed by atoms with E-state index >= 15 is 0 Å². The fourth-order valence-electron chi connectivity index (χ4n) is 3.58. The van der Waals surface area contributed by atoms with Gasteiger partial charge in [0.15, 0.2) is 0 Å². The molecule has 29 heavy (non-hydrogen) atoms. The number of aromatic nitrogens is 2. The number of likely N-dealkylation sites (N-methyl/N-ethyl adjacent to an activating group) is 1. The average Bonchev–Trinajstić information content (AvgIpc) is 2.71. The second-order valence-electron chi connectivity index (χ2n) is 7.61. The number of carbonyl (C=O) groups excluding carboxylic acids is 1. The summed E-state index contributed by atoms with van der Waals surface area (Å²) in [5.41, 5.74) is 4.21. The number of benzene rings is 1. The van der Waals surface area contributed by atoms with Crippen LogP contribution < -0.4 is 15.1 Å². The van der Waals surface area contributed by atoms with Gasteiger partial charge in [-0.3, -0.25) is 4.79 Å². The standard InChI is InChI=1S/C22H32N6O/c1-6-27(7-2)18-8-9-19(16(3)14-18)24-21(29)20-15-17(4)23-22(25-20)28-12-10-26(5)11-13-28/h8-9,14-15H,6-7,10-13H2,1-5H3,(H,24,29). The van der Waals surface area contributed by atoms with Crippen LogP contribution in [-0.2, 0) is 0 Å². The fraction of sp³-hybridized carbons (Fsp3) is 0.500. The van der Waals surface area contributed by atoms with Gasteiger partial charge in [0.25, 0.3) is 5.91 Å². The quantitative estimate of drug-likeness (QED) is 0.810. The average molecular weight is 397 g/mol. The van der Waals surface area contributed by atoms with E-state index in [4.69, 9.17) is 0 Å². The monoisotopic (exact) mass is 396 g/mol. The van der Waals surface area contributed by atoms with Crippen LogP contribution in [0.1, 0.15) is 35.6 Å². The minimum atomic E-state index is -0.204. The van der Waals surface area contributed by atoms with Gasteiger partial charge in [0.2, 0.25) is 5.95 Å². The van der Waals surface area contributed by atoms with Gasteiger partial charge in [-0.25, -0.2) is 9.97 Å². The summed E-state index contributed by atoms with van der Waals surface area (Å²) in [6.07, 6.45) is 0. The number of hydrogen-bond donors (Lipinski definition) is 1. The molecule has 3 rings (SSSR count). The molecule has 7 heteroatoms. The minimum Gasteiger partial charge on any atom is -0.372 e. The molecule has 7 nitrogen and oxygen atoms in total. The third-order valence-electron chi connectivity index (χ3n) is 5.45. The molecule has 0 bridgehead atoms. The zero-order valence-electron chi connectivity index (χ0n) is 18.2. The summed E-state index contributed by atoms with van der Waals surface area (Å²) in [7, 11) is 2.11. The number of rotatable bonds is 6. The Kier molecular flexibility index (Phi) is 6.69. The highest BCUT2D eigenvalue weighted by molar-refractivity contribution is 6.03. The normalized spacial score (nSPS) is 14.7. The number of anilines is 3. The molecular weight excluding hydrogens is 364 g/mol. The smallest absolute Gasteiger partial charge is 0.274 e. The van der Waals surface area contributed by atoms with Crippen LogP contribution in [0.25, 0.3) is 0 Å². The third-order valence-corrected chi connectivity index (χ3v) is 5.45. The van der Waals surface area contributed by atoms with Crippen LogP contribution in [0.3, 0.4) is 0 Å². The van der Waals surface area contributed by atoms with Gasteiger partial charge in [-0.1, -0.05) is 0 Å². The molecule has 1 aliphatic heterocycles. The van der Waals surface area contributed by atoms with Crippen LogP contribution in [0.15, 0.2) is 24.3 Å². The number of nitrogens with zero attached hydrogens (tertiary/aromatic N) is 5. The molecule has 0 aliphatic carbocycles. The Morgan fingerprint density at radius 2 is 1.76 bits per heavy atom. The van der Waals surface area contributed by atoms with Crippen molar-refractivity contribution in [1.82, 2.24) is 14.9 Å². The number of amides is 1. The molecule has 1 saturated heterocycles. The Bertz CT molecular complexity index is 856. The van der Waals surface area contributed by atoms with Crippen molar-refractivity contribution >= 4 is 23.2 Å². The Labute approximate surface area is 173 Å². The van der Waals surface area contributed by atoms with Crippen LogP contribution >= 0.6 is 0 Å². The highest BCUT2D eigenvalue weighted by Gasteiger charge is 2.19. The van der Waals surface area contributed by atoms with Crippen molar-refractivity contribution in [3.05, 3.63) is 41.2 Å². The fourth-order valence-corrected chi connectivity index (χ4v) is 3.58. The van der Waals surface area contributed by atoms with Crippen molar-refractivity contribution < 1.29 is 4.79 Å². The maximum absolute atomic E-state index is 12.9. The van der Waals surface area contributed by atoms with Gasteiger partial charge in [-0.2, -0.15) is 0 Å². The molecule has 1 amide bonds. The van der Waals surface area contributed by atoms with E-state index < -0.39 is 0 Å². The van der Waals surface area contributed by atoms with E-state index in [1.54, 1.807) is 6.07 Å². The predicted molar refractivity (Wildman–Crippen MR) is 119 cm³/mol. The molecule has 1 aromatic heterocycles. The van der Waals surface area contributed by atoms with E-state index in [9.17, 15) is 4.79 Å². The second-order valence-corrected chi connectivity index (χ2v) is 7.61. The molecule has 2 aromatic rings.